The first-order valence-electron chi connectivity index (χ1n) is 5.15. The number of carbonyl (C=O) groups is 1. The summed E-state index contributed by atoms with van der Waals surface area (Å²) in [7, 11) is -2.74. The summed E-state index contributed by atoms with van der Waals surface area (Å²) in [4.78, 5) is 11.4. The molecule has 2 rings (SSSR count). The third-order valence-corrected chi connectivity index (χ3v) is 2.18. The van der Waals surface area contributed by atoms with E-state index in [0.717, 1.165) is 5.52 Å². The Balaban J connectivity index is 0.000000312. The van der Waals surface area contributed by atoms with Gasteiger partial charge in [-0.3, -0.25) is 0 Å². The minimum absolute atomic E-state index is 0.311. The Labute approximate surface area is 106 Å². The predicted octanol–water partition coefficient (Wildman–Crippen LogP) is 1.85. The molecule has 2 heterocycles. The Morgan fingerprint density at radius 1 is 1.32 bits per heavy atom. The monoisotopic (exact) mass is 278 g/mol. The topological polar surface area (TPSA) is 34.6 Å². The average molecular weight is 278 g/mol. The van der Waals surface area contributed by atoms with E-state index in [9.17, 15) is 22.1 Å². The van der Waals surface area contributed by atoms with Crippen LogP contribution in [0.2, 0.25) is 0 Å². The fraction of sp³-hybridized carbons (Fsp3) is 0.200. The predicted molar refractivity (Wildman–Crippen MR) is 60.1 cm³/mol. The number of hydrogen-bond donors (Lipinski definition) is 0. The van der Waals surface area contributed by atoms with E-state index >= 15 is 0 Å². The second-order valence-corrected chi connectivity index (χ2v) is 3.53. The van der Waals surface area contributed by atoms with Gasteiger partial charge in [-0.2, -0.15) is 0 Å². The minimum Gasteiger partial charge on any atom is -0.465 e. The summed E-state index contributed by atoms with van der Waals surface area (Å²) >= 11 is 0. The Bertz CT molecular complexity index is 576. The Morgan fingerprint density at radius 2 is 1.89 bits per heavy atom. The number of rotatable bonds is 1. The number of aromatic nitrogens is 2. The summed E-state index contributed by atoms with van der Waals surface area (Å²) in [5.74, 6) is -0.311. The molecule has 0 N–H and O–H groups in total. The summed E-state index contributed by atoms with van der Waals surface area (Å²) in [5, 5.41) is 0. The number of aryl methyl sites for hydroxylation is 1. The third-order valence-electron chi connectivity index (χ3n) is 2.18. The van der Waals surface area contributed by atoms with Crippen LogP contribution in [-0.2, 0) is 11.8 Å². The summed E-state index contributed by atoms with van der Waals surface area (Å²) in [6.45, 7) is 0. The van der Waals surface area contributed by atoms with Crippen molar-refractivity contribution in [2.75, 3.05) is 7.11 Å². The van der Waals surface area contributed by atoms with E-state index in [2.05, 4.69) is 0 Å². The van der Waals surface area contributed by atoms with Crippen LogP contribution in [0.5, 0.6) is 0 Å². The first-order chi connectivity index (χ1) is 8.74. The first kappa shape index (κ1) is 15.0. The molecule has 0 radical (unpaired) electrons. The molecular weight excluding hydrogens is 267 g/mol. The third kappa shape index (κ3) is 4.27. The molecule has 0 spiro atoms. The van der Waals surface area contributed by atoms with E-state index in [1.54, 1.807) is 6.20 Å². The molecule has 2 aromatic heterocycles. The highest BCUT2D eigenvalue weighted by Crippen LogP contribution is 2.09. The number of nitrogens with zero attached hydrogens (tertiary/aromatic N) is 2. The molecule has 0 bridgehead atoms. The van der Waals surface area contributed by atoms with E-state index in [-0.39, 0.29) is 5.97 Å². The lowest BCUT2D eigenvalue weighted by Gasteiger charge is -1.94. The molecule has 0 fully saturated rings. The molecular formula is C10H11BF4N2O2. The van der Waals surface area contributed by atoms with E-state index in [1.165, 1.54) is 7.11 Å². The number of halogens is 4. The van der Waals surface area contributed by atoms with Gasteiger partial charge in [0.15, 0.2) is 12.6 Å². The SMILES string of the molecule is COC(=O)c1c[n+](C)n2ccccc12.F[B-](F)(F)F. The van der Waals surface area contributed by atoms with Crippen LogP contribution in [0.15, 0.2) is 30.6 Å². The Kier molecular flexibility index (Phi) is 4.52. The maximum Gasteiger partial charge on any atom is 0.673 e. The van der Waals surface area contributed by atoms with E-state index < -0.39 is 7.25 Å². The van der Waals surface area contributed by atoms with Gasteiger partial charge in [0.25, 0.3) is 0 Å². The molecule has 0 aliphatic rings. The highest BCUT2D eigenvalue weighted by molar-refractivity contribution is 6.50. The lowest BCUT2D eigenvalue weighted by Crippen LogP contribution is -2.33. The van der Waals surface area contributed by atoms with Gasteiger partial charge in [0.1, 0.15) is 5.52 Å². The molecule has 4 nitrogen and oxygen atoms in total. The van der Waals surface area contributed by atoms with Gasteiger partial charge in [-0.05, 0) is 12.1 Å². The molecule has 0 aromatic carbocycles. The van der Waals surface area contributed by atoms with Crippen molar-refractivity contribution in [2.45, 2.75) is 0 Å². The number of carbonyl (C=O) groups excluding carboxylic acids is 1. The van der Waals surface area contributed by atoms with Gasteiger partial charge in [0.2, 0.25) is 6.20 Å². The fourth-order valence-electron chi connectivity index (χ4n) is 1.51. The molecule has 0 saturated carbocycles. The number of esters is 1. The molecule has 0 aliphatic carbocycles. The van der Waals surface area contributed by atoms with Gasteiger partial charge >= 0.3 is 13.2 Å². The molecule has 0 unspecified atom stereocenters. The minimum atomic E-state index is -6.00. The Hall–Kier alpha value is -2.06. The molecule has 0 saturated heterocycles. The summed E-state index contributed by atoms with van der Waals surface area (Å²) in [6.07, 6.45) is 3.64. The molecule has 2 aromatic rings. The van der Waals surface area contributed by atoms with Crippen molar-refractivity contribution >= 4 is 18.7 Å². The molecule has 19 heavy (non-hydrogen) atoms. The van der Waals surface area contributed by atoms with Crippen LogP contribution >= 0.6 is 0 Å². The quantitative estimate of drug-likeness (QED) is 0.345. The van der Waals surface area contributed by atoms with Gasteiger partial charge < -0.3 is 22.0 Å². The molecule has 104 valence electrons. The van der Waals surface area contributed by atoms with E-state index in [1.807, 2.05) is 40.6 Å². The van der Waals surface area contributed by atoms with Crippen LogP contribution < -0.4 is 4.68 Å². The van der Waals surface area contributed by atoms with Crippen LogP contribution in [0.1, 0.15) is 10.4 Å². The van der Waals surface area contributed by atoms with Gasteiger partial charge in [-0.1, -0.05) is 6.07 Å². The zero-order chi connectivity index (χ0) is 14.6. The van der Waals surface area contributed by atoms with Gasteiger partial charge in [0.05, 0.1) is 13.3 Å². The largest absolute Gasteiger partial charge is 0.673 e. The normalized spacial score (nSPS) is 10.8. The van der Waals surface area contributed by atoms with E-state index in [0.29, 0.717) is 5.56 Å². The maximum atomic E-state index is 11.4. The summed E-state index contributed by atoms with van der Waals surface area (Å²) < 4.78 is 47.4. The second kappa shape index (κ2) is 5.72. The first-order valence-corrected chi connectivity index (χ1v) is 5.15. The van der Waals surface area contributed by atoms with Crippen LogP contribution in [0, 0.1) is 0 Å². The second-order valence-electron chi connectivity index (χ2n) is 3.53. The van der Waals surface area contributed by atoms with Gasteiger partial charge in [-0.15, -0.1) is 9.20 Å². The number of pyridine rings is 1. The highest BCUT2D eigenvalue weighted by Gasteiger charge is 2.20. The van der Waals surface area contributed by atoms with Crippen molar-refractivity contribution in [2.24, 2.45) is 7.05 Å². The highest BCUT2D eigenvalue weighted by atomic mass is 19.5. The molecule has 0 aliphatic heterocycles. The van der Waals surface area contributed by atoms with Crippen LogP contribution in [-0.4, -0.2) is 24.8 Å². The Morgan fingerprint density at radius 3 is 2.42 bits per heavy atom. The van der Waals surface area contributed by atoms with Crippen molar-refractivity contribution in [1.29, 1.82) is 0 Å². The lowest BCUT2D eigenvalue weighted by molar-refractivity contribution is -0.737. The zero-order valence-electron chi connectivity index (χ0n) is 10.2. The number of methoxy groups -OCH3 is 1. The number of ether oxygens (including phenoxy) is 1. The standard InChI is InChI=1S/C10H11N2O2.BF4/c1-11-7-8(10(13)14-2)9-5-3-4-6-12(9)11;2-1(3,4)5/h3-7H,1-2H3;/q+1;-1. The maximum absolute atomic E-state index is 11.4. The molecule has 9 heteroatoms. The van der Waals surface area contributed by atoms with Crippen molar-refractivity contribution < 1.29 is 31.5 Å². The van der Waals surface area contributed by atoms with Crippen LogP contribution in [0.3, 0.4) is 0 Å². The van der Waals surface area contributed by atoms with Crippen molar-refractivity contribution in [1.82, 2.24) is 4.52 Å². The van der Waals surface area contributed by atoms with Gasteiger partial charge in [0, 0.05) is 0 Å². The van der Waals surface area contributed by atoms with Crippen molar-refractivity contribution in [3.8, 4) is 0 Å². The van der Waals surface area contributed by atoms with Crippen molar-refractivity contribution in [3.63, 3.8) is 0 Å². The fourth-order valence-corrected chi connectivity index (χ4v) is 1.51. The number of hydrogen-bond acceptors (Lipinski definition) is 2. The van der Waals surface area contributed by atoms with E-state index in [4.69, 9.17) is 4.74 Å². The summed E-state index contributed by atoms with van der Waals surface area (Å²) in [6, 6.07) is 5.68. The average Bonchev–Trinajstić information content (AvgIpc) is 2.65. The lowest BCUT2D eigenvalue weighted by atomic mass is 10.3. The smallest absolute Gasteiger partial charge is 0.465 e. The van der Waals surface area contributed by atoms with Crippen LogP contribution in [0.25, 0.3) is 5.52 Å². The van der Waals surface area contributed by atoms with Crippen LogP contribution in [0.4, 0.5) is 17.3 Å². The molecule has 0 atom stereocenters. The van der Waals surface area contributed by atoms with Crippen molar-refractivity contribution in [3.05, 3.63) is 36.2 Å². The van der Waals surface area contributed by atoms with Gasteiger partial charge in [-0.25, -0.2) is 4.79 Å². The molecule has 0 amide bonds. The summed E-state index contributed by atoms with van der Waals surface area (Å²) in [5.41, 5.74) is 1.43. The zero-order valence-corrected chi connectivity index (χ0v) is 10.2. The number of fused-ring (bicyclic) bond motifs is 1.